The first-order valence-electron chi connectivity index (χ1n) is 6.96. The second-order valence-corrected chi connectivity index (χ2v) is 6.64. The molecule has 1 aromatic carbocycles. The van der Waals surface area contributed by atoms with Crippen molar-refractivity contribution >= 4 is 11.3 Å². The largest absolute Gasteiger partial charge is 0.318 e. The third kappa shape index (κ3) is 2.58. The van der Waals surface area contributed by atoms with Crippen molar-refractivity contribution < 1.29 is 0 Å². The molecule has 1 aliphatic rings. The molecule has 2 nitrogen and oxygen atoms in total. The Kier molecular flexibility index (Phi) is 3.42. The molecule has 100 valence electrons. The Balaban J connectivity index is 1.94. The van der Waals surface area contributed by atoms with Crippen molar-refractivity contribution in [2.75, 3.05) is 0 Å². The number of thiazole rings is 1. The number of nitrogens with two attached hydrogens (primary N) is 1. The van der Waals surface area contributed by atoms with Gasteiger partial charge < -0.3 is 5.73 Å². The van der Waals surface area contributed by atoms with Gasteiger partial charge in [-0.05, 0) is 45.1 Å². The lowest BCUT2D eigenvalue weighted by atomic mass is 10.0. The number of benzene rings is 1. The van der Waals surface area contributed by atoms with Gasteiger partial charge in [-0.25, -0.2) is 4.98 Å². The first-order valence-corrected chi connectivity index (χ1v) is 7.77. The zero-order chi connectivity index (χ0) is 13.4. The number of aryl methyl sites for hydroxylation is 4. The summed E-state index contributed by atoms with van der Waals surface area (Å²) in [5.74, 6) is 0. The fraction of sp³-hybridized carbons (Fsp3) is 0.438. The fourth-order valence-electron chi connectivity index (χ4n) is 2.84. The Labute approximate surface area is 118 Å². The SMILES string of the molecule is Cc1cc(C)cc(C(N)c2nc3c(s2)CCCC3)c1. The van der Waals surface area contributed by atoms with Crippen molar-refractivity contribution in [1.29, 1.82) is 0 Å². The Hall–Kier alpha value is -1.19. The monoisotopic (exact) mass is 272 g/mol. The molecular formula is C16H20N2S. The molecule has 0 radical (unpaired) electrons. The number of fused-ring (bicyclic) bond motifs is 1. The van der Waals surface area contributed by atoms with Crippen LogP contribution in [-0.4, -0.2) is 4.98 Å². The van der Waals surface area contributed by atoms with Gasteiger partial charge in [0.2, 0.25) is 0 Å². The lowest BCUT2D eigenvalue weighted by molar-refractivity contribution is 0.678. The van der Waals surface area contributed by atoms with Gasteiger partial charge in [-0.2, -0.15) is 0 Å². The standard InChI is InChI=1S/C16H20N2S/c1-10-7-11(2)9-12(8-10)15(17)16-18-13-5-3-4-6-14(13)19-16/h7-9,15H,3-6,17H2,1-2H3. The average Bonchev–Trinajstić information content (AvgIpc) is 2.80. The molecule has 3 rings (SSSR count). The summed E-state index contributed by atoms with van der Waals surface area (Å²) in [6, 6.07) is 6.47. The van der Waals surface area contributed by atoms with E-state index < -0.39 is 0 Å². The summed E-state index contributed by atoms with van der Waals surface area (Å²) in [5, 5.41) is 1.08. The number of hydrogen-bond donors (Lipinski definition) is 1. The third-order valence-electron chi connectivity index (χ3n) is 3.73. The van der Waals surface area contributed by atoms with Crippen LogP contribution in [0.15, 0.2) is 18.2 Å². The molecule has 0 amide bonds. The van der Waals surface area contributed by atoms with Crippen LogP contribution in [0.4, 0.5) is 0 Å². The molecule has 1 unspecified atom stereocenters. The van der Waals surface area contributed by atoms with E-state index in [1.54, 1.807) is 0 Å². The number of aromatic nitrogens is 1. The molecule has 19 heavy (non-hydrogen) atoms. The van der Waals surface area contributed by atoms with Gasteiger partial charge in [0, 0.05) is 4.88 Å². The normalized spacial score (nSPS) is 16.2. The predicted octanol–water partition coefficient (Wildman–Crippen LogP) is 3.69. The van der Waals surface area contributed by atoms with Crippen molar-refractivity contribution in [3.05, 3.63) is 50.5 Å². The van der Waals surface area contributed by atoms with Gasteiger partial charge in [-0.1, -0.05) is 29.3 Å². The van der Waals surface area contributed by atoms with E-state index in [-0.39, 0.29) is 6.04 Å². The Morgan fingerprint density at radius 1 is 1.11 bits per heavy atom. The Morgan fingerprint density at radius 3 is 2.47 bits per heavy atom. The van der Waals surface area contributed by atoms with E-state index in [1.807, 2.05) is 11.3 Å². The van der Waals surface area contributed by atoms with Crippen molar-refractivity contribution in [3.8, 4) is 0 Å². The molecule has 1 heterocycles. The molecule has 0 bridgehead atoms. The van der Waals surface area contributed by atoms with Gasteiger partial charge in [0.15, 0.2) is 0 Å². The smallest absolute Gasteiger partial charge is 0.114 e. The third-order valence-corrected chi connectivity index (χ3v) is 4.97. The highest BCUT2D eigenvalue weighted by molar-refractivity contribution is 7.11. The maximum absolute atomic E-state index is 6.41. The van der Waals surface area contributed by atoms with Gasteiger partial charge >= 0.3 is 0 Å². The van der Waals surface area contributed by atoms with Crippen LogP contribution in [0.5, 0.6) is 0 Å². The molecule has 1 aromatic heterocycles. The first-order chi connectivity index (χ1) is 9.13. The molecule has 2 N–H and O–H groups in total. The minimum Gasteiger partial charge on any atom is -0.318 e. The summed E-state index contributed by atoms with van der Waals surface area (Å²) in [6.45, 7) is 4.24. The maximum atomic E-state index is 6.41. The number of hydrogen-bond acceptors (Lipinski definition) is 3. The zero-order valence-electron chi connectivity index (χ0n) is 11.6. The van der Waals surface area contributed by atoms with Crippen LogP contribution in [0.2, 0.25) is 0 Å². The van der Waals surface area contributed by atoms with Gasteiger partial charge in [0.25, 0.3) is 0 Å². The van der Waals surface area contributed by atoms with Crippen LogP contribution < -0.4 is 5.73 Å². The van der Waals surface area contributed by atoms with Crippen LogP contribution in [0, 0.1) is 13.8 Å². The van der Waals surface area contributed by atoms with Crippen molar-refractivity contribution in [2.24, 2.45) is 5.73 Å². The quantitative estimate of drug-likeness (QED) is 0.905. The van der Waals surface area contributed by atoms with Crippen LogP contribution >= 0.6 is 11.3 Å². The second-order valence-electron chi connectivity index (χ2n) is 5.53. The van der Waals surface area contributed by atoms with Gasteiger partial charge in [-0.3, -0.25) is 0 Å². The molecule has 0 saturated heterocycles. The van der Waals surface area contributed by atoms with Gasteiger partial charge in [0.05, 0.1) is 11.7 Å². The molecule has 0 saturated carbocycles. The van der Waals surface area contributed by atoms with E-state index in [0.717, 1.165) is 11.4 Å². The lowest BCUT2D eigenvalue weighted by Gasteiger charge is -2.11. The summed E-state index contributed by atoms with van der Waals surface area (Å²) in [4.78, 5) is 6.24. The van der Waals surface area contributed by atoms with E-state index in [4.69, 9.17) is 10.7 Å². The summed E-state index contributed by atoms with van der Waals surface area (Å²) in [6.07, 6.45) is 4.89. The van der Waals surface area contributed by atoms with Crippen molar-refractivity contribution in [2.45, 2.75) is 45.6 Å². The topological polar surface area (TPSA) is 38.9 Å². The van der Waals surface area contributed by atoms with Crippen LogP contribution in [-0.2, 0) is 12.8 Å². The van der Waals surface area contributed by atoms with Gasteiger partial charge in [0.1, 0.15) is 5.01 Å². The van der Waals surface area contributed by atoms with Crippen LogP contribution in [0.1, 0.15) is 51.2 Å². The molecule has 1 aliphatic carbocycles. The predicted molar refractivity (Wildman–Crippen MR) is 80.7 cm³/mol. The summed E-state index contributed by atoms with van der Waals surface area (Å²) < 4.78 is 0. The van der Waals surface area contributed by atoms with E-state index in [1.165, 1.54) is 46.5 Å². The molecule has 0 fully saturated rings. The summed E-state index contributed by atoms with van der Waals surface area (Å²) in [5.41, 5.74) is 11.4. The highest BCUT2D eigenvalue weighted by Gasteiger charge is 2.19. The molecule has 0 spiro atoms. The molecule has 1 atom stereocenters. The molecule has 0 aliphatic heterocycles. The summed E-state index contributed by atoms with van der Waals surface area (Å²) in [7, 11) is 0. The second kappa shape index (κ2) is 5.06. The zero-order valence-corrected chi connectivity index (χ0v) is 12.4. The highest BCUT2D eigenvalue weighted by Crippen LogP contribution is 2.31. The Morgan fingerprint density at radius 2 is 1.79 bits per heavy atom. The molecule has 2 aromatic rings. The van der Waals surface area contributed by atoms with E-state index >= 15 is 0 Å². The fourth-order valence-corrected chi connectivity index (χ4v) is 4.02. The van der Waals surface area contributed by atoms with Crippen LogP contribution in [0.25, 0.3) is 0 Å². The molecule has 3 heteroatoms. The van der Waals surface area contributed by atoms with Gasteiger partial charge in [-0.15, -0.1) is 11.3 Å². The lowest BCUT2D eigenvalue weighted by Crippen LogP contribution is -2.12. The summed E-state index contributed by atoms with van der Waals surface area (Å²) >= 11 is 1.81. The number of nitrogens with zero attached hydrogens (tertiary/aromatic N) is 1. The number of rotatable bonds is 2. The Bertz CT molecular complexity index is 557. The minimum atomic E-state index is -0.0748. The first kappa shape index (κ1) is 12.8. The molecular weight excluding hydrogens is 252 g/mol. The van der Waals surface area contributed by atoms with Crippen LogP contribution in [0.3, 0.4) is 0 Å². The van der Waals surface area contributed by atoms with E-state index in [2.05, 4.69) is 32.0 Å². The highest BCUT2D eigenvalue weighted by atomic mass is 32.1. The van der Waals surface area contributed by atoms with E-state index in [9.17, 15) is 0 Å². The minimum absolute atomic E-state index is 0.0748. The van der Waals surface area contributed by atoms with E-state index in [0.29, 0.717) is 0 Å². The maximum Gasteiger partial charge on any atom is 0.114 e. The van der Waals surface area contributed by atoms with Crippen molar-refractivity contribution in [3.63, 3.8) is 0 Å². The average molecular weight is 272 g/mol. The van der Waals surface area contributed by atoms with Crippen molar-refractivity contribution in [1.82, 2.24) is 4.98 Å².